The maximum Gasteiger partial charge on any atom is 0.397 e. The third-order valence-electron chi connectivity index (χ3n) is 5.96. The maximum absolute atomic E-state index is 12.9. The van der Waals surface area contributed by atoms with Gasteiger partial charge in [0.15, 0.2) is 0 Å². The zero-order chi connectivity index (χ0) is 28.3. The Bertz CT molecular complexity index is 1420. The monoisotopic (exact) mass is 556 g/mol. The zero-order valence-electron chi connectivity index (χ0n) is 22.2. The number of ether oxygens (including phenoxy) is 2. The molecule has 0 saturated carbocycles. The Morgan fingerprint density at radius 3 is 2.64 bits per heavy atom. The summed E-state index contributed by atoms with van der Waals surface area (Å²) in [5.74, 6) is -2.85. The second-order valence-electron chi connectivity index (χ2n) is 10.4. The third-order valence-corrected chi connectivity index (χ3v) is 7.23. The van der Waals surface area contributed by atoms with Crippen LogP contribution in [-0.2, 0) is 25.5 Å². The molecule has 1 unspecified atom stereocenters. The van der Waals surface area contributed by atoms with Crippen LogP contribution in [0.3, 0.4) is 0 Å². The van der Waals surface area contributed by atoms with Crippen LogP contribution >= 0.6 is 11.3 Å². The lowest BCUT2D eigenvalue weighted by Gasteiger charge is -2.24. The molecule has 1 aliphatic heterocycles. The molecule has 0 fully saturated rings. The van der Waals surface area contributed by atoms with Crippen LogP contribution in [0.15, 0.2) is 24.3 Å². The molecular formula is C27H32N4O7S. The molecule has 0 radical (unpaired) electrons. The predicted octanol–water partition coefficient (Wildman–Crippen LogP) is 3.26. The molecule has 4 rings (SSSR count). The number of fused-ring (bicyclic) bond motifs is 2. The molecule has 0 saturated heterocycles. The van der Waals surface area contributed by atoms with Crippen molar-refractivity contribution in [1.29, 1.82) is 0 Å². The zero-order valence-corrected chi connectivity index (χ0v) is 23.0. The maximum atomic E-state index is 12.9. The molecule has 0 aliphatic carbocycles. The molecule has 1 aromatic carbocycles. The van der Waals surface area contributed by atoms with Crippen molar-refractivity contribution in [2.45, 2.75) is 40.2 Å². The number of aromatic nitrogens is 1. The van der Waals surface area contributed by atoms with E-state index < -0.39 is 17.8 Å². The molecule has 39 heavy (non-hydrogen) atoms. The van der Waals surface area contributed by atoms with Crippen LogP contribution in [-0.4, -0.2) is 60.1 Å². The number of nitrogens with one attached hydrogen (secondary N) is 4. The second-order valence-corrected chi connectivity index (χ2v) is 11.4. The Morgan fingerprint density at radius 2 is 1.92 bits per heavy atom. The van der Waals surface area contributed by atoms with Crippen molar-refractivity contribution >= 4 is 51.0 Å². The van der Waals surface area contributed by atoms with E-state index >= 15 is 0 Å². The molecule has 3 heterocycles. The summed E-state index contributed by atoms with van der Waals surface area (Å²) in [7, 11) is 0. The summed E-state index contributed by atoms with van der Waals surface area (Å²) >= 11 is 1.16. The molecule has 1 aliphatic rings. The van der Waals surface area contributed by atoms with Gasteiger partial charge in [0.25, 0.3) is 5.91 Å². The highest BCUT2D eigenvalue weighted by molar-refractivity contribution is 7.17. The van der Waals surface area contributed by atoms with Gasteiger partial charge >= 0.3 is 17.8 Å². The fourth-order valence-electron chi connectivity index (χ4n) is 4.18. The van der Waals surface area contributed by atoms with Gasteiger partial charge in [-0.25, -0.2) is 9.59 Å². The highest BCUT2D eigenvalue weighted by Gasteiger charge is 2.33. The lowest BCUT2D eigenvalue weighted by Crippen LogP contribution is -2.38. The predicted molar refractivity (Wildman–Crippen MR) is 146 cm³/mol. The summed E-state index contributed by atoms with van der Waals surface area (Å²) in [5.41, 5.74) is 1.66. The van der Waals surface area contributed by atoms with Gasteiger partial charge in [-0.15, -0.1) is 11.3 Å². The number of phenolic OH excluding ortho intramolecular Hbond substituents is 1. The van der Waals surface area contributed by atoms with Gasteiger partial charge in [-0.1, -0.05) is 20.8 Å². The average molecular weight is 557 g/mol. The van der Waals surface area contributed by atoms with E-state index in [4.69, 9.17) is 9.47 Å². The fraction of sp³-hybridized carbons (Fsp3) is 0.407. The van der Waals surface area contributed by atoms with E-state index in [-0.39, 0.29) is 53.4 Å². The van der Waals surface area contributed by atoms with Crippen LogP contribution < -0.4 is 16.0 Å². The number of aromatic hydroxyl groups is 1. The minimum absolute atomic E-state index is 0.0636. The first-order chi connectivity index (χ1) is 18.5. The van der Waals surface area contributed by atoms with E-state index in [0.29, 0.717) is 29.6 Å². The summed E-state index contributed by atoms with van der Waals surface area (Å²) in [4.78, 5) is 54.4. The van der Waals surface area contributed by atoms with Crippen LogP contribution in [0.1, 0.15) is 65.0 Å². The fourth-order valence-corrected chi connectivity index (χ4v) is 5.49. The van der Waals surface area contributed by atoms with Gasteiger partial charge in [0, 0.05) is 22.3 Å². The van der Waals surface area contributed by atoms with Crippen molar-refractivity contribution in [3.05, 3.63) is 46.0 Å². The molecular weight excluding hydrogens is 524 g/mol. The van der Waals surface area contributed by atoms with Crippen molar-refractivity contribution in [3.63, 3.8) is 0 Å². The number of amides is 2. The number of H-pyrrole nitrogens is 1. The number of carbonyl (C=O) groups excluding carboxylic acids is 4. The summed E-state index contributed by atoms with van der Waals surface area (Å²) in [6.07, 6.45) is 0.500. The molecule has 2 aromatic heterocycles. The number of carbonyl (C=O) groups is 4. The first kappa shape index (κ1) is 28.1. The first-order valence-electron chi connectivity index (χ1n) is 12.6. The number of thiophene rings is 1. The van der Waals surface area contributed by atoms with E-state index in [1.165, 1.54) is 6.07 Å². The van der Waals surface area contributed by atoms with Gasteiger partial charge in [-0.3, -0.25) is 9.59 Å². The Balaban J connectivity index is 1.53. The van der Waals surface area contributed by atoms with Gasteiger partial charge in [-0.2, -0.15) is 0 Å². The van der Waals surface area contributed by atoms with Crippen molar-refractivity contribution < 1.29 is 33.8 Å². The van der Waals surface area contributed by atoms with E-state index in [0.717, 1.165) is 21.7 Å². The average Bonchev–Trinajstić information content (AvgIpc) is 3.46. The number of anilines is 1. The van der Waals surface area contributed by atoms with E-state index in [1.54, 1.807) is 25.1 Å². The van der Waals surface area contributed by atoms with Gasteiger partial charge in [0.2, 0.25) is 0 Å². The molecule has 12 heteroatoms. The van der Waals surface area contributed by atoms with Crippen LogP contribution in [0.2, 0.25) is 0 Å². The number of benzene rings is 1. The Kier molecular flexibility index (Phi) is 8.26. The molecule has 3 aromatic rings. The normalized spacial score (nSPS) is 14.9. The summed E-state index contributed by atoms with van der Waals surface area (Å²) in [5, 5.41) is 19.4. The molecule has 0 bridgehead atoms. The third kappa shape index (κ3) is 6.58. The standard InChI is InChI=1S/C27H32N4O7S/c1-5-37-25(35)20-16-8-9-28-19(12-29-22(33)18-11-14-10-15(32)6-7-17(14)30-18)21(16)39-24(20)31-23(34)26(36)38-13-27(2,3)4/h6-7,10-11,19,28,30,32H,5,8-9,12-13H2,1-4H3,(H,29,33)(H,31,34). The summed E-state index contributed by atoms with van der Waals surface area (Å²) in [6.45, 7) is 8.25. The highest BCUT2D eigenvalue weighted by Crippen LogP contribution is 2.40. The summed E-state index contributed by atoms with van der Waals surface area (Å²) in [6, 6.07) is 6.10. The summed E-state index contributed by atoms with van der Waals surface area (Å²) < 4.78 is 10.4. The molecule has 0 spiro atoms. The Morgan fingerprint density at radius 1 is 1.15 bits per heavy atom. The van der Waals surface area contributed by atoms with Crippen molar-refractivity contribution in [3.8, 4) is 5.75 Å². The number of hydrogen-bond donors (Lipinski definition) is 5. The van der Waals surface area contributed by atoms with Gasteiger partial charge in [0.05, 0.1) is 24.8 Å². The van der Waals surface area contributed by atoms with E-state index in [1.807, 2.05) is 20.8 Å². The topological polar surface area (TPSA) is 159 Å². The SMILES string of the molecule is CCOC(=O)c1c(NC(=O)C(=O)OCC(C)(C)C)sc2c1CCNC2CNC(=O)c1cc2cc(O)ccc2[nH]1. The largest absolute Gasteiger partial charge is 0.508 e. The van der Waals surface area contributed by atoms with Crippen LogP contribution in [0, 0.1) is 5.41 Å². The number of rotatable bonds is 7. The van der Waals surface area contributed by atoms with Crippen LogP contribution in [0.25, 0.3) is 10.9 Å². The minimum Gasteiger partial charge on any atom is -0.508 e. The van der Waals surface area contributed by atoms with Gasteiger partial charge in [-0.05, 0) is 55.1 Å². The quantitative estimate of drug-likeness (QED) is 0.219. The van der Waals surface area contributed by atoms with E-state index in [2.05, 4.69) is 20.9 Å². The lowest BCUT2D eigenvalue weighted by atomic mass is 9.99. The van der Waals surface area contributed by atoms with Gasteiger partial charge in [0.1, 0.15) is 16.4 Å². The molecule has 11 nitrogen and oxygen atoms in total. The van der Waals surface area contributed by atoms with Crippen molar-refractivity contribution in [2.75, 3.05) is 31.6 Å². The van der Waals surface area contributed by atoms with E-state index in [9.17, 15) is 24.3 Å². The minimum atomic E-state index is -1.04. The molecule has 208 valence electrons. The smallest absolute Gasteiger partial charge is 0.397 e. The van der Waals surface area contributed by atoms with Crippen LogP contribution in [0.5, 0.6) is 5.75 Å². The number of esters is 2. The van der Waals surface area contributed by atoms with Crippen molar-refractivity contribution in [1.82, 2.24) is 15.6 Å². The lowest BCUT2D eigenvalue weighted by molar-refractivity contribution is -0.154. The number of hydrogen-bond acceptors (Lipinski definition) is 9. The molecule has 1 atom stereocenters. The van der Waals surface area contributed by atoms with Crippen LogP contribution in [0.4, 0.5) is 5.00 Å². The van der Waals surface area contributed by atoms with Gasteiger partial charge < -0.3 is 35.5 Å². The first-order valence-corrected chi connectivity index (χ1v) is 13.4. The molecule has 2 amide bonds. The number of phenols is 1. The Hall–Kier alpha value is -3.90. The second kappa shape index (κ2) is 11.5. The number of aromatic amines is 1. The molecule has 5 N–H and O–H groups in total. The highest BCUT2D eigenvalue weighted by atomic mass is 32.1. The van der Waals surface area contributed by atoms with Crippen molar-refractivity contribution in [2.24, 2.45) is 5.41 Å². The Labute approximate surface area is 229 Å².